The average Bonchev–Trinajstić information content (AvgIpc) is 2.49. The topological polar surface area (TPSA) is 44.4 Å². The van der Waals surface area contributed by atoms with E-state index in [0.29, 0.717) is 0 Å². The molecule has 0 saturated carbocycles. The van der Waals surface area contributed by atoms with E-state index in [1.807, 2.05) is 0 Å². The molecule has 1 atom stereocenters. The van der Waals surface area contributed by atoms with Crippen molar-refractivity contribution in [2.75, 3.05) is 32.7 Å². The van der Waals surface area contributed by atoms with Gasteiger partial charge in [0.2, 0.25) is 5.91 Å². The van der Waals surface area contributed by atoms with Crippen LogP contribution in [0.2, 0.25) is 0 Å². The van der Waals surface area contributed by atoms with Gasteiger partial charge in [-0.05, 0) is 70.6 Å². The third-order valence-electron chi connectivity index (χ3n) is 4.70. The number of nitrogens with zero attached hydrogens (tertiary/aromatic N) is 1. The first-order chi connectivity index (χ1) is 9.75. The lowest BCUT2D eigenvalue weighted by Crippen LogP contribution is -2.46. The summed E-state index contributed by atoms with van der Waals surface area (Å²) in [7, 11) is 0. The SMILES string of the molecule is CC1CCN(CCCCNC(=O)C2CCCCN2)CC1. The summed E-state index contributed by atoms with van der Waals surface area (Å²) in [5, 5.41) is 6.37. The molecule has 0 spiro atoms. The molecule has 0 aliphatic carbocycles. The van der Waals surface area contributed by atoms with E-state index in [2.05, 4.69) is 22.5 Å². The van der Waals surface area contributed by atoms with Crippen LogP contribution in [0.25, 0.3) is 0 Å². The van der Waals surface area contributed by atoms with Crippen molar-refractivity contribution >= 4 is 5.91 Å². The lowest BCUT2D eigenvalue weighted by molar-refractivity contribution is -0.123. The summed E-state index contributed by atoms with van der Waals surface area (Å²) in [5.41, 5.74) is 0. The molecule has 2 fully saturated rings. The second-order valence-corrected chi connectivity index (χ2v) is 6.52. The second-order valence-electron chi connectivity index (χ2n) is 6.52. The van der Waals surface area contributed by atoms with E-state index in [4.69, 9.17) is 0 Å². The highest BCUT2D eigenvalue weighted by Gasteiger charge is 2.19. The molecule has 20 heavy (non-hydrogen) atoms. The number of nitrogens with one attached hydrogen (secondary N) is 2. The molecule has 2 heterocycles. The number of likely N-dealkylation sites (tertiary alicyclic amines) is 1. The van der Waals surface area contributed by atoms with E-state index in [0.717, 1.165) is 31.8 Å². The van der Waals surface area contributed by atoms with Crippen molar-refractivity contribution in [2.24, 2.45) is 5.92 Å². The zero-order valence-electron chi connectivity index (χ0n) is 13.0. The minimum Gasteiger partial charge on any atom is -0.355 e. The monoisotopic (exact) mass is 281 g/mol. The Hall–Kier alpha value is -0.610. The minimum atomic E-state index is 0.0623. The van der Waals surface area contributed by atoms with E-state index in [1.165, 1.54) is 51.7 Å². The molecule has 0 radical (unpaired) electrons. The van der Waals surface area contributed by atoms with E-state index in [1.54, 1.807) is 0 Å². The Labute approximate surface area is 123 Å². The standard InChI is InChI=1S/C16H31N3O/c1-14-7-12-19(13-8-14)11-5-4-10-18-16(20)15-6-2-3-9-17-15/h14-15,17H,2-13H2,1H3,(H,18,20). The van der Waals surface area contributed by atoms with E-state index >= 15 is 0 Å². The molecule has 116 valence electrons. The van der Waals surface area contributed by atoms with Crippen LogP contribution in [0.15, 0.2) is 0 Å². The minimum absolute atomic E-state index is 0.0623. The van der Waals surface area contributed by atoms with Crippen LogP contribution in [0.5, 0.6) is 0 Å². The number of rotatable bonds is 6. The highest BCUT2D eigenvalue weighted by atomic mass is 16.2. The summed E-state index contributed by atoms with van der Waals surface area (Å²) in [6, 6.07) is 0.0623. The molecule has 2 aliphatic rings. The predicted molar refractivity (Wildman–Crippen MR) is 82.7 cm³/mol. The lowest BCUT2D eigenvalue weighted by Gasteiger charge is -2.30. The number of amides is 1. The summed E-state index contributed by atoms with van der Waals surface area (Å²) in [5.74, 6) is 1.12. The van der Waals surface area contributed by atoms with Crippen molar-refractivity contribution in [3.8, 4) is 0 Å². The van der Waals surface area contributed by atoms with Gasteiger partial charge < -0.3 is 15.5 Å². The normalized spacial score (nSPS) is 25.6. The molecular weight excluding hydrogens is 250 g/mol. The van der Waals surface area contributed by atoms with Crippen LogP contribution in [0.3, 0.4) is 0 Å². The van der Waals surface area contributed by atoms with Crippen LogP contribution in [0.4, 0.5) is 0 Å². The number of piperidine rings is 2. The maximum atomic E-state index is 11.9. The molecule has 2 aliphatic heterocycles. The van der Waals surface area contributed by atoms with E-state index < -0.39 is 0 Å². The third kappa shape index (κ3) is 5.41. The maximum Gasteiger partial charge on any atom is 0.237 e. The summed E-state index contributed by atoms with van der Waals surface area (Å²) in [4.78, 5) is 14.5. The summed E-state index contributed by atoms with van der Waals surface area (Å²) in [6.07, 6.45) is 8.39. The van der Waals surface area contributed by atoms with Gasteiger partial charge in [-0.3, -0.25) is 4.79 Å². The van der Waals surface area contributed by atoms with Gasteiger partial charge in [0.1, 0.15) is 0 Å². The van der Waals surface area contributed by atoms with Gasteiger partial charge in [-0.1, -0.05) is 13.3 Å². The third-order valence-corrected chi connectivity index (χ3v) is 4.70. The molecule has 4 heteroatoms. The van der Waals surface area contributed by atoms with Gasteiger partial charge in [0.05, 0.1) is 6.04 Å². The Morgan fingerprint density at radius 2 is 2.00 bits per heavy atom. The molecular formula is C16H31N3O. The molecule has 4 nitrogen and oxygen atoms in total. The maximum absolute atomic E-state index is 11.9. The Morgan fingerprint density at radius 1 is 1.20 bits per heavy atom. The van der Waals surface area contributed by atoms with Gasteiger partial charge >= 0.3 is 0 Å². The fourth-order valence-corrected chi connectivity index (χ4v) is 3.16. The van der Waals surface area contributed by atoms with Crippen molar-refractivity contribution in [1.29, 1.82) is 0 Å². The number of hydrogen-bond acceptors (Lipinski definition) is 3. The predicted octanol–water partition coefficient (Wildman–Crippen LogP) is 1.76. The van der Waals surface area contributed by atoms with Crippen LogP contribution >= 0.6 is 0 Å². The summed E-state index contributed by atoms with van der Waals surface area (Å²) >= 11 is 0. The van der Waals surface area contributed by atoms with E-state index in [9.17, 15) is 4.79 Å². The van der Waals surface area contributed by atoms with Crippen molar-refractivity contribution in [1.82, 2.24) is 15.5 Å². The lowest BCUT2D eigenvalue weighted by atomic mass is 9.99. The summed E-state index contributed by atoms with van der Waals surface area (Å²) in [6.45, 7) is 7.90. The zero-order valence-corrected chi connectivity index (χ0v) is 13.0. The summed E-state index contributed by atoms with van der Waals surface area (Å²) < 4.78 is 0. The van der Waals surface area contributed by atoms with Crippen molar-refractivity contribution in [3.05, 3.63) is 0 Å². The van der Waals surface area contributed by atoms with Crippen LogP contribution in [-0.2, 0) is 4.79 Å². The van der Waals surface area contributed by atoms with Crippen molar-refractivity contribution < 1.29 is 4.79 Å². The number of carbonyl (C=O) groups is 1. The first-order valence-corrected chi connectivity index (χ1v) is 8.49. The van der Waals surface area contributed by atoms with Crippen LogP contribution in [0, 0.1) is 5.92 Å². The Kier molecular flexibility index (Phi) is 6.80. The average molecular weight is 281 g/mol. The quantitative estimate of drug-likeness (QED) is 0.729. The van der Waals surface area contributed by atoms with Gasteiger partial charge in [0, 0.05) is 6.54 Å². The molecule has 1 amide bonds. The fourth-order valence-electron chi connectivity index (χ4n) is 3.16. The van der Waals surface area contributed by atoms with Crippen LogP contribution < -0.4 is 10.6 Å². The molecule has 0 aromatic carbocycles. The van der Waals surface area contributed by atoms with Crippen molar-refractivity contribution in [3.63, 3.8) is 0 Å². The smallest absolute Gasteiger partial charge is 0.237 e. The molecule has 0 bridgehead atoms. The largest absolute Gasteiger partial charge is 0.355 e. The molecule has 0 aromatic rings. The van der Waals surface area contributed by atoms with Gasteiger partial charge in [-0.25, -0.2) is 0 Å². The fraction of sp³-hybridized carbons (Fsp3) is 0.938. The molecule has 2 rings (SSSR count). The number of hydrogen-bond donors (Lipinski definition) is 2. The first kappa shape index (κ1) is 15.8. The van der Waals surface area contributed by atoms with Gasteiger partial charge in [-0.2, -0.15) is 0 Å². The van der Waals surface area contributed by atoms with Crippen molar-refractivity contribution in [2.45, 2.75) is 57.9 Å². The Morgan fingerprint density at radius 3 is 2.70 bits per heavy atom. The van der Waals surface area contributed by atoms with Gasteiger partial charge in [-0.15, -0.1) is 0 Å². The number of carbonyl (C=O) groups excluding carboxylic acids is 1. The number of unbranched alkanes of at least 4 members (excludes halogenated alkanes) is 1. The highest BCUT2D eigenvalue weighted by Crippen LogP contribution is 2.16. The van der Waals surface area contributed by atoms with Crippen LogP contribution in [0.1, 0.15) is 51.9 Å². The second kappa shape index (κ2) is 8.63. The van der Waals surface area contributed by atoms with Crippen LogP contribution in [-0.4, -0.2) is 49.6 Å². The molecule has 2 saturated heterocycles. The molecule has 1 unspecified atom stereocenters. The Bertz CT molecular complexity index is 281. The molecule has 0 aromatic heterocycles. The van der Waals surface area contributed by atoms with E-state index in [-0.39, 0.29) is 11.9 Å². The first-order valence-electron chi connectivity index (χ1n) is 8.49. The zero-order chi connectivity index (χ0) is 14.2. The van der Waals surface area contributed by atoms with Gasteiger partial charge in [0.25, 0.3) is 0 Å². The molecule has 2 N–H and O–H groups in total. The van der Waals surface area contributed by atoms with Gasteiger partial charge in [0.15, 0.2) is 0 Å². The Balaban J connectivity index is 1.47. The highest BCUT2D eigenvalue weighted by molar-refractivity contribution is 5.81.